The number of methoxy groups -OCH3 is 1. The molecule has 1 amide bonds. The van der Waals surface area contributed by atoms with Gasteiger partial charge in [-0.1, -0.05) is 12.1 Å². The molecule has 4 rings (SSSR count). The first-order valence-electron chi connectivity index (χ1n) is 9.22. The smallest absolute Gasteiger partial charge is 0.341 e. The maximum absolute atomic E-state index is 13.1. The molecule has 0 bridgehead atoms. The number of anilines is 1. The van der Waals surface area contributed by atoms with Gasteiger partial charge >= 0.3 is 5.76 Å². The molecule has 1 N–H and O–H groups in total. The second-order valence-corrected chi connectivity index (χ2v) is 8.51. The second kappa shape index (κ2) is 8.35. The van der Waals surface area contributed by atoms with Crippen molar-refractivity contribution in [2.75, 3.05) is 12.4 Å². The van der Waals surface area contributed by atoms with E-state index in [0.29, 0.717) is 17.0 Å². The fourth-order valence-corrected chi connectivity index (χ4v) is 4.05. The van der Waals surface area contributed by atoms with Gasteiger partial charge in [-0.05, 0) is 36.4 Å². The van der Waals surface area contributed by atoms with Crippen LogP contribution in [0.15, 0.2) is 72.0 Å². The maximum atomic E-state index is 13.1. The molecule has 0 aliphatic heterocycles. The van der Waals surface area contributed by atoms with Crippen LogP contribution in [-0.4, -0.2) is 41.6 Å². The molecule has 4 aromatic rings. The third-order valence-electron chi connectivity index (χ3n) is 4.65. The molecular weight excluding hydrogens is 442 g/mol. The number of amides is 1. The number of carbonyl (C=O) groups is 1. The average Bonchev–Trinajstić information content (AvgIpc) is 3.23. The van der Waals surface area contributed by atoms with E-state index in [1.54, 1.807) is 47.3 Å². The molecule has 2 heterocycles. The van der Waals surface area contributed by atoms with Crippen LogP contribution in [0.1, 0.15) is 10.4 Å². The fourth-order valence-electron chi connectivity index (χ4n) is 3.12. The van der Waals surface area contributed by atoms with Gasteiger partial charge in [-0.15, -0.1) is 0 Å². The Morgan fingerprint density at radius 1 is 1.16 bits per heavy atom. The van der Waals surface area contributed by atoms with E-state index in [4.69, 9.17) is 4.74 Å². The van der Waals surface area contributed by atoms with Crippen molar-refractivity contribution in [3.8, 4) is 17.0 Å². The number of benzene rings is 2. The fraction of sp³-hybridized carbons (Fsp3) is 0.0952. The van der Waals surface area contributed by atoms with E-state index in [2.05, 4.69) is 15.3 Å². The monoisotopic (exact) mass is 458 g/mol. The summed E-state index contributed by atoms with van der Waals surface area (Å²) in [6.07, 6.45) is 5.14. The van der Waals surface area contributed by atoms with Gasteiger partial charge in [-0.25, -0.2) is 18.4 Å². The van der Waals surface area contributed by atoms with E-state index in [1.807, 2.05) is 0 Å². The maximum Gasteiger partial charge on any atom is 0.341 e. The summed E-state index contributed by atoms with van der Waals surface area (Å²) in [4.78, 5) is 20.7. The van der Waals surface area contributed by atoms with Crippen molar-refractivity contribution >= 4 is 27.2 Å². The number of hydrogen-bond acceptors (Lipinski definition) is 6. The molecule has 0 saturated heterocycles. The Kier molecular flexibility index (Phi) is 5.57. The molecular formula is C21H16F2N4O4S. The number of imidazole rings is 1. The highest BCUT2D eigenvalue weighted by atomic mass is 32.2. The predicted molar refractivity (Wildman–Crippen MR) is 113 cm³/mol. The highest BCUT2D eigenvalue weighted by Crippen LogP contribution is 2.31. The van der Waals surface area contributed by atoms with Crippen molar-refractivity contribution in [1.82, 2.24) is 14.4 Å². The van der Waals surface area contributed by atoms with E-state index >= 15 is 0 Å². The number of aromatic nitrogens is 3. The average molecular weight is 458 g/mol. The van der Waals surface area contributed by atoms with Crippen molar-refractivity contribution in [2.24, 2.45) is 0 Å². The third kappa shape index (κ3) is 3.89. The number of nitrogens with zero attached hydrogens (tertiary/aromatic N) is 3. The van der Waals surface area contributed by atoms with Crippen LogP contribution in [0.3, 0.4) is 0 Å². The van der Waals surface area contributed by atoms with Gasteiger partial charge in [0, 0.05) is 24.2 Å². The second-order valence-electron chi connectivity index (χ2n) is 6.62. The van der Waals surface area contributed by atoms with Crippen LogP contribution >= 0.6 is 0 Å². The van der Waals surface area contributed by atoms with Gasteiger partial charge in [-0.2, -0.15) is 8.78 Å². The number of nitrogens with one attached hydrogen (secondary N) is 1. The molecule has 0 fully saturated rings. The Hall–Kier alpha value is -3.86. The molecule has 0 saturated carbocycles. The minimum Gasteiger partial charge on any atom is -0.495 e. The van der Waals surface area contributed by atoms with Gasteiger partial charge in [0.15, 0.2) is 0 Å². The molecule has 0 unspecified atom stereocenters. The number of rotatable bonds is 6. The van der Waals surface area contributed by atoms with Crippen LogP contribution in [0, 0.1) is 0 Å². The van der Waals surface area contributed by atoms with Crippen molar-refractivity contribution in [3.63, 3.8) is 0 Å². The molecule has 32 heavy (non-hydrogen) atoms. The molecule has 0 radical (unpaired) electrons. The number of halogens is 2. The zero-order valence-electron chi connectivity index (χ0n) is 16.6. The molecule has 2 aromatic heterocycles. The van der Waals surface area contributed by atoms with E-state index in [1.165, 1.54) is 19.2 Å². The van der Waals surface area contributed by atoms with E-state index in [-0.39, 0.29) is 11.4 Å². The quantitative estimate of drug-likeness (QED) is 0.473. The first kappa shape index (κ1) is 21.4. The lowest BCUT2D eigenvalue weighted by molar-refractivity contribution is 0.102. The highest BCUT2D eigenvalue weighted by Gasteiger charge is 2.31. The minimum absolute atomic E-state index is 0.212. The zero-order chi connectivity index (χ0) is 22.9. The Morgan fingerprint density at radius 2 is 1.94 bits per heavy atom. The zero-order valence-corrected chi connectivity index (χ0v) is 17.4. The Morgan fingerprint density at radius 3 is 2.66 bits per heavy atom. The molecule has 0 atom stereocenters. The summed E-state index contributed by atoms with van der Waals surface area (Å²) in [5.41, 5.74) is 1.00. The van der Waals surface area contributed by atoms with Gasteiger partial charge in [0.1, 0.15) is 5.75 Å². The first-order valence-corrected chi connectivity index (χ1v) is 10.8. The van der Waals surface area contributed by atoms with E-state index in [0.717, 1.165) is 12.1 Å². The standard InChI is InChI=1S/C21H16F2N4O4S/c1-31-17-8-7-13(16-12-27-10-4-9-24-21(27)26-16)11-15(17)25-19(28)14-5-2-3-6-18(14)32(29,30)20(22)23/h2-12,20H,1H3,(H,25,28). The predicted octanol–water partition coefficient (Wildman–Crippen LogP) is 3.65. The number of sulfone groups is 1. The summed E-state index contributed by atoms with van der Waals surface area (Å²) in [7, 11) is -3.57. The number of alkyl halides is 2. The molecule has 2 aromatic carbocycles. The minimum atomic E-state index is -4.97. The van der Waals surface area contributed by atoms with Crippen LogP contribution in [0.4, 0.5) is 14.5 Å². The van der Waals surface area contributed by atoms with Crippen molar-refractivity contribution < 1.29 is 26.7 Å². The molecule has 164 valence electrons. The van der Waals surface area contributed by atoms with E-state index < -0.39 is 32.0 Å². The van der Waals surface area contributed by atoms with Crippen LogP contribution in [0.25, 0.3) is 17.0 Å². The number of carbonyl (C=O) groups excluding carboxylic acids is 1. The van der Waals surface area contributed by atoms with Gasteiger partial charge in [-0.3, -0.25) is 9.20 Å². The highest BCUT2D eigenvalue weighted by molar-refractivity contribution is 7.91. The van der Waals surface area contributed by atoms with Crippen LogP contribution in [0.2, 0.25) is 0 Å². The summed E-state index contributed by atoms with van der Waals surface area (Å²) in [6.45, 7) is 0. The van der Waals surface area contributed by atoms with Crippen molar-refractivity contribution in [2.45, 2.75) is 10.7 Å². The molecule has 8 nitrogen and oxygen atoms in total. The molecule has 0 aliphatic rings. The lowest BCUT2D eigenvalue weighted by Gasteiger charge is -2.13. The van der Waals surface area contributed by atoms with Crippen molar-refractivity contribution in [1.29, 1.82) is 0 Å². The Balaban J connectivity index is 1.72. The van der Waals surface area contributed by atoms with Crippen molar-refractivity contribution in [3.05, 3.63) is 72.7 Å². The molecule has 11 heteroatoms. The van der Waals surface area contributed by atoms with Crippen LogP contribution < -0.4 is 10.1 Å². The SMILES string of the molecule is COc1ccc(-c2cn3cccnc3n2)cc1NC(=O)c1ccccc1S(=O)(=O)C(F)F. The van der Waals surface area contributed by atoms with Gasteiger partial charge in [0.05, 0.1) is 29.0 Å². The van der Waals surface area contributed by atoms with Gasteiger partial charge < -0.3 is 10.1 Å². The summed E-state index contributed by atoms with van der Waals surface area (Å²) in [5, 5.41) is 2.55. The summed E-state index contributed by atoms with van der Waals surface area (Å²) < 4.78 is 57.1. The summed E-state index contributed by atoms with van der Waals surface area (Å²) >= 11 is 0. The Bertz CT molecular complexity index is 1390. The van der Waals surface area contributed by atoms with Gasteiger partial charge in [0.2, 0.25) is 15.6 Å². The third-order valence-corrected chi connectivity index (χ3v) is 6.09. The number of fused-ring (bicyclic) bond motifs is 1. The van der Waals surface area contributed by atoms with E-state index in [9.17, 15) is 22.0 Å². The van der Waals surface area contributed by atoms with Crippen LogP contribution in [0.5, 0.6) is 5.75 Å². The topological polar surface area (TPSA) is 103 Å². The van der Waals surface area contributed by atoms with Crippen LogP contribution in [-0.2, 0) is 9.84 Å². The largest absolute Gasteiger partial charge is 0.495 e. The number of ether oxygens (including phenoxy) is 1. The first-order chi connectivity index (χ1) is 15.3. The lowest BCUT2D eigenvalue weighted by atomic mass is 10.1. The van der Waals surface area contributed by atoms with Gasteiger partial charge in [0.25, 0.3) is 5.91 Å². The summed E-state index contributed by atoms with van der Waals surface area (Å²) in [6, 6.07) is 11.4. The number of hydrogen-bond donors (Lipinski definition) is 1. The Labute approximate surface area is 181 Å². The lowest BCUT2D eigenvalue weighted by Crippen LogP contribution is -2.20. The molecule has 0 aliphatic carbocycles. The summed E-state index contributed by atoms with van der Waals surface area (Å²) in [5.74, 6) is -3.76. The normalized spacial score (nSPS) is 11.6. The molecule has 0 spiro atoms.